The maximum Gasteiger partial charge on any atom is 0.0554 e. The van der Waals surface area contributed by atoms with Crippen molar-refractivity contribution in [1.29, 1.82) is 0 Å². The fraction of sp³-hybridized carbons (Fsp3) is 0.0794. The summed E-state index contributed by atoms with van der Waals surface area (Å²) in [7, 11) is 0. The summed E-state index contributed by atoms with van der Waals surface area (Å²) >= 11 is 1.90. The lowest BCUT2D eigenvalue weighted by Gasteiger charge is -2.29. The number of anilines is 3. The van der Waals surface area contributed by atoms with Crippen molar-refractivity contribution in [1.82, 2.24) is 0 Å². The van der Waals surface area contributed by atoms with Crippen LogP contribution in [0.5, 0.6) is 0 Å². The van der Waals surface area contributed by atoms with Crippen molar-refractivity contribution in [3.05, 3.63) is 246 Å². The van der Waals surface area contributed by atoms with Gasteiger partial charge >= 0.3 is 0 Å². The van der Waals surface area contributed by atoms with E-state index in [1.54, 1.807) is 0 Å². The lowest BCUT2D eigenvalue weighted by Crippen LogP contribution is -2.22. The van der Waals surface area contributed by atoms with Gasteiger partial charge in [0.1, 0.15) is 0 Å². The highest BCUT2D eigenvalue weighted by Gasteiger charge is 2.41. The Kier molecular flexibility index (Phi) is 8.32. The topological polar surface area (TPSA) is 3.24 Å². The van der Waals surface area contributed by atoms with Crippen molar-refractivity contribution < 1.29 is 0 Å². The summed E-state index contributed by atoms with van der Waals surface area (Å²) in [5, 5.41) is 5.15. The molecule has 308 valence electrons. The van der Waals surface area contributed by atoms with Gasteiger partial charge in [0.15, 0.2) is 0 Å². The van der Waals surface area contributed by atoms with Crippen LogP contribution in [-0.4, -0.2) is 0 Å². The minimum absolute atomic E-state index is 0.0994. The Labute approximate surface area is 384 Å². The molecule has 11 aromatic rings. The first-order chi connectivity index (χ1) is 31.9. The van der Waals surface area contributed by atoms with Crippen LogP contribution in [0, 0.1) is 0 Å². The molecule has 10 aromatic carbocycles. The summed E-state index contributed by atoms with van der Waals surface area (Å²) in [5.41, 5.74) is 20.2. The van der Waals surface area contributed by atoms with Gasteiger partial charge < -0.3 is 4.90 Å². The molecule has 0 bridgehead atoms. The quantitative estimate of drug-likeness (QED) is 0.161. The number of hydrogen-bond donors (Lipinski definition) is 0. The van der Waals surface area contributed by atoms with Gasteiger partial charge in [0.25, 0.3) is 0 Å². The molecular formula is C63H45NS. The average molecular weight is 848 g/mol. The van der Waals surface area contributed by atoms with Gasteiger partial charge in [0.05, 0.1) is 5.69 Å². The van der Waals surface area contributed by atoms with Crippen molar-refractivity contribution in [2.45, 2.75) is 31.6 Å². The van der Waals surface area contributed by atoms with Crippen LogP contribution in [0.2, 0.25) is 0 Å². The molecule has 0 fully saturated rings. The van der Waals surface area contributed by atoms with Crippen molar-refractivity contribution >= 4 is 59.3 Å². The first kappa shape index (κ1) is 38.0. The molecule has 0 amide bonds. The first-order valence-electron chi connectivity index (χ1n) is 22.8. The molecule has 2 aliphatic rings. The molecular weight excluding hydrogens is 803 g/mol. The molecule has 13 rings (SSSR count). The van der Waals surface area contributed by atoms with Crippen LogP contribution in [0.15, 0.2) is 218 Å². The van der Waals surface area contributed by atoms with Crippen molar-refractivity contribution in [2.24, 2.45) is 0 Å². The highest BCUT2D eigenvalue weighted by Crippen LogP contribution is 2.55. The molecule has 2 heteroatoms. The molecule has 2 aliphatic carbocycles. The van der Waals surface area contributed by atoms with Gasteiger partial charge in [0.2, 0.25) is 0 Å². The lowest BCUT2D eigenvalue weighted by molar-refractivity contribution is 0.662. The van der Waals surface area contributed by atoms with Crippen LogP contribution >= 0.6 is 11.3 Å². The summed E-state index contributed by atoms with van der Waals surface area (Å²) in [5.74, 6) is 0. The molecule has 0 saturated carbocycles. The Balaban J connectivity index is 0.949. The summed E-state index contributed by atoms with van der Waals surface area (Å²) in [6.07, 6.45) is 0. The average Bonchev–Trinajstić information content (AvgIpc) is 3.96. The smallest absolute Gasteiger partial charge is 0.0554 e. The Morgan fingerprint density at radius 1 is 0.400 bits per heavy atom. The maximum atomic E-state index is 2.47. The summed E-state index contributed by atoms with van der Waals surface area (Å²) < 4.78 is 2.62. The zero-order valence-corrected chi connectivity index (χ0v) is 37.5. The van der Waals surface area contributed by atoms with E-state index in [1.165, 1.54) is 109 Å². The molecule has 0 saturated heterocycles. The minimum atomic E-state index is -0.251. The predicted octanol–water partition coefficient (Wildman–Crippen LogP) is 17.7. The maximum absolute atomic E-state index is 2.47. The second kappa shape index (κ2) is 14.2. The molecule has 0 radical (unpaired) electrons. The van der Waals surface area contributed by atoms with E-state index in [0.717, 1.165) is 11.4 Å². The fourth-order valence-corrected chi connectivity index (χ4v) is 12.8. The number of nitrogens with zero attached hydrogens (tertiary/aromatic N) is 1. The van der Waals surface area contributed by atoms with E-state index in [2.05, 4.69) is 244 Å². The third-order valence-electron chi connectivity index (χ3n) is 14.7. The van der Waals surface area contributed by atoms with Crippen molar-refractivity contribution in [3.8, 4) is 44.5 Å². The van der Waals surface area contributed by atoms with E-state index in [9.17, 15) is 0 Å². The van der Waals surface area contributed by atoms with Crippen LogP contribution in [0.1, 0.15) is 48.6 Å². The van der Waals surface area contributed by atoms with E-state index in [1.807, 2.05) is 11.3 Å². The molecule has 0 N–H and O–H groups in total. The molecule has 1 nitrogen and oxygen atoms in total. The van der Waals surface area contributed by atoms with Gasteiger partial charge in [-0.2, -0.15) is 0 Å². The molecule has 65 heavy (non-hydrogen) atoms. The van der Waals surface area contributed by atoms with Crippen LogP contribution in [0.3, 0.4) is 0 Å². The van der Waals surface area contributed by atoms with Crippen LogP contribution in [0.4, 0.5) is 17.1 Å². The standard InChI is InChI=1S/C63H45NS/c1-62(2)54-23-11-9-20-50(54)52-22-13-21-47(60(52)62)42-29-35-46(36-30-42)64(57-25-14-26-58-59(57)53-38-31-41-15-7-8-18-48(41)61(53)65-58)45-33-27-40(28-34-45)43-32-37-51-49-19-10-12-24-55(49)63(3,56(51)39-43)44-16-5-4-6-17-44/h4-39H,1-3H3. The lowest BCUT2D eigenvalue weighted by atomic mass is 9.74. The van der Waals surface area contributed by atoms with Crippen LogP contribution in [-0.2, 0) is 10.8 Å². The van der Waals surface area contributed by atoms with Gasteiger partial charge in [-0.15, -0.1) is 11.3 Å². The summed E-state index contributed by atoms with van der Waals surface area (Å²) in [4.78, 5) is 2.47. The van der Waals surface area contributed by atoms with Gasteiger partial charge in [-0.05, 0) is 132 Å². The number of fused-ring (bicyclic) bond motifs is 11. The minimum Gasteiger partial charge on any atom is -0.310 e. The second-order valence-corrected chi connectivity index (χ2v) is 19.6. The van der Waals surface area contributed by atoms with Gasteiger partial charge in [-0.25, -0.2) is 0 Å². The largest absolute Gasteiger partial charge is 0.310 e. The van der Waals surface area contributed by atoms with E-state index >= 15 is 0 Å². The van der Waals surface area contributed by atoms with E-state index in [0.29, 0.717) is 0 Å². The Hall–Kier alpha value is -7.52. The Morgan fingerprint density at radius 3 is 1.78 bits per heavy atom. The normalized spacial score (nSPS) is 15.5. The zero-order chi connectivity index (χ0) is 43.4. The second-order valence-electron chi connectivity index (χ2n) is 18.5. The summed E-state index contributed by atoms with van der Waals surface area (Å²) in [6, 6.07) is 81.5. The molecule has 0 spiro atoms. The Morgan fingerprint density at radius 2 is 1.00 bits per heavy atom. The predicted molar refractivity (Wildman–Crippen MR) is 277 cm³/mol. The first-order valence-corrected chi connectivity index (χ1v) is 23.6. The number of thiophene rings is 1. The highest BCUT2D eigenvalue weighted by molar-refractivity contribution is 7.26. The van der Waals surface area contributed by atoms with Gasteiger partial charge in [0, 0.05) is 42.4 Å². The number of hydrogen-bond acceptors (Lipinski definition) is 2. The van der Waals surface area contributed by atoms with E-state index in [4.69, 9.17) is 0 Å². The summed E-state index contributed by atoms with van der Waals surface area (Å²) in [6.45, 7) is 7.14. The molecule has 1 aromatic heterocycles. The number of rotatable bonds is 6. The van der Waals surface area contributed by atoms with Crippen molar-refractivity contribution in [3.63, 3.8) is 0 Å². The van der Waals surface area contributed by atoms with Crippen LogP contribution in [0.25, 0.3) is 75.5 Å². The van der Waals surface area contributed by atoms with Gasteiger partial charge in [-0.1, -0.05) is 190 Å². The fourth-order valence-electron chi connectivity index (χ4n) is 11.6. The zero-order valence-electron chi connectivity index (χ0n) is 36.6. The molecule has 0 aliphatic heterocycles. The highest BCUT2D eigenvalue weighted by atomic mass is 32.1. The van der Waals surface area contributed by atoms with E-state index in [-0.39, 0.29) is 10.8 Å². The molecule has 1 atom stereocenters. The van der Waals surface area contributed by atoms with Crippen LogP contribution < -0.4 is 4.90 Å². The third-order valence-corrected chi connectivity index (χ3v) is 16.0. The SMILES string of the molecule is CC1(C)c2ccccc2-c2cccc(-c3ccc(N(c4ccc(-c5ccc6c(c5)C(C)(c5ccccc5)c5ccccc5-6)cc4)c4cccc5sc6c7ccccc7ccc6c45)cc3)c21. The number of benzene rings is 10. The Bertz CT molecular complexity index is 3690. The van der Waals surface area contributed by atoms with Gasteiger partial charge in [-0.3, -0.25) is 0 Å². The molecule has 1 heterocycles. The third kappa shape index (κ3) is 5.57. The monoisotopic (exact) mass is 847 g/mol. The van der Waals surface area contributed by atoms with Crippen molar-refractivity contribution in [2.75, 3.05) is 4.90 Å². The van der Waals surface area contributed by atoms with E-state index < -0.39 is 0 Å². The molecule has 1 unspecified atom stereocenters.